The summed E-state index contributed by atoms with van der Waals surface area (Å²) in [6.45, 7) is -0.0227. The number of fused-ring (bicyclic) bond motifs is 1. The molecule has 2 N–H and O–H groups in total. The normalized spacial score (nSPS) is 13.0. The van der Waals surface area contributed by atoms with E-state index in [0.29, 0.717) is 17.9 Å². The second-order valence-electron chi connectivity index (χ2n) is 6.20. The molecule has 1 aliphatic carbocycles. The van der Waals surface area contributed by atoms with Crippen LogP contribution in [0.1, 0.15) is 39.9 Å². The minimum Gasteiger partial charge on any atom is -0.482 e. The molecule has 0 heterocycles. The first-order chi connectivity index (χ1) is 12.1. The van der Waals surface area contributed by atoms with Crippen LogP contribution >= 0.6 is 0 Å². The number of benzene rings is 2. The Morgan fingerprint density at radius 3 is 2.64 bits per heavy atom. The fourth-order valence-corrected chi connectivity index (χ4v) is 3.05. The highest BCUT2D eigenvalue weighted by atomic mass is 16.5. The predicted octanol–water partition coefficient (Wildman–Crippen LogP) is 2.96. The summed E-state index contributed by atoms with van der Waals surface area (Å²) in [4.78, 5) is 22.9. The summed E-state index contributed by atoms with van der Waals surface area (Å²) in [6, 6.07) is 13.0. The van der Waals surface area contributed by atoms with Crippen molar-refractivity contribution in [2.24, 2.45) is 0 Å². The van der Waals surface area contributed by atoms with E-state index in [1.54, 1.807) is 18.2 Å². The van der Waals surface area contributed by atoms with Crippen molar-refractivity contribution in [1.82, 2.24) is 5.32 Å². The van der Waals surface area contributed by atoms with Gasteiger partial charge in [-0.05, 0) is 66.6 Å². The largest absolute Gasteiger partial charge is 0.482 e. The van der Waals surface area contributed by atoms with Crippen LogP contribution in [0.5, 0.6) is 5.75 Å². The van der Waals surface area contributed by atoms with E-state index < -0.39 is 5.97 Å². The minimum absolute atomic E-state index is 0.106. The van der Waals surface area contributed by atoms with Gasteiger partial charge in [0.2, 0.25) is 0 Å². The molecule has 0 bridgehead atoms. The van der Waals surface area contributed by atoms with Gasteiger partial charge >= 0.3 is 5.97 Å². The minimum atomic E-state index is -1.02. The van der Waals surface area contributed by atoms with E-state index in [4.69, 9.17) is 9.84 Å². The monoisotopic (exact) mass is 339 g/mol. The van der Waals surface area contributed by atoms with E-state index in [2.05, 4.69) is 11.4 Å². The molecule has 0 fully saturated rings. The molecule has 0 radical (unpaired) electrons. The van der Waals surface area contributed by atoms with Crippen molar-refractivity contribution in [2.75, 3.05) is 6.61 Å². The number of hydrogen-bond acceptors (Lipinski definition) is 3. The van der Waals surface area contributed by atoms with Crippen LogP contribution in [0.2, 0.25) is 0 Å². The van der Waals surface area contributed by atoms with Crippen molar-refractivity contribution in [1.29, 1.82) is 0 Å². The standard InChI is InChI=1S/C20H21NO4/c22-19(23)13-25-18-7-3-4-14(10-18)12-21-20(24)17-9-8-15-5-1-2-6-16(15)11-17/h3-4,7-11H,1-2,5-6,12-13H2,(H,21,24)(H,22,23). The van der Waals surface area contributed by atoms with Gasteiger partial charge in [-0.2, -0.15) is 0 Å². The van der Waals surface area contributed by atoms with E-state index in [-0.39, 0.29) is 12.5 Å². The Kier molecular flexibility index (Phi) is 5.33. The fraction of sp³-hybridized carbons (Fsp3) is 0.300. The molecule has 0 atom stereocenters. The second-order valence-corrected chi connectivity index (χ2v) is 6.20. The van der Waals surface area contributed by atoms with Gasteiger partial charge in [0.25, 0.3) is 5.91 Å². The van der Waals surface area contributed by atoms with E-state index in [1.165, 1.54) is 24.0 Å². The molecule has 2 aromatic carbocycles. The van der Waals surface area contributed by atoms with Gasteiger partial charge in [0.05, 0.1) is 0 Å². The van der Waals surface area contributed by atoms with Crippen molar-refractivity contribution in [3.63, 3.8) is 0 Å². The Hall–Kier alpha value is -2.82. The third-order valence-electron chi connectivity index (χ3n) is 4.32. The number of carbonyl (C=O) groups excluding carboxylic acids is 1. The zero-order valence-electron chi connectivity index (χ0n) is 14.0. The summed E-state index contributed by atoms with van der Waals surface area (Å²) < 4.78 is 5.15. The van der Waals surface area contributed by atoms with E-state index in [9.17, 15) is 9.59 Å². The molecule has 0 aromatic heterocycles. The van der Waals surface area contributed by atoms with Crippen LogP contribution in [0.3, 0.4) is 0 Å². The van der Waals surface area contributed by atoms with Crippen molar-refractivity contribution in [3.05, 3.63) is 64.7 Å². The summed E-state index contributed by atoms with van der Waals surface area (Å²) in [5, 5.41) is 11.6. The van der Waals surface area contributed by atoms with Gasteiger partial charge in [-0.3, -0.25) is 4.79 Å². The first kappa shape index (κ1) is 17.0. The fourth-order valence-electron chi connectivity index (χ4n) is 3.05. The highest BCUT2D eigenvalue weighted by molar-refractivity contribution is 5.94. The number of aliphatic carboxylic acids is 1. The summed E-state index contributed by atoms with van der Waals surface area (Å²) in [5.41, 5.74) is 4.17. The first-order valence-electron chi connectivity index (χ1n) is 8.45. The Labute approximate surface area is 146 Å². The molecular weight excluding hydrogens is 318 g/mol. The maximum Gasteiger partial charge on any atom is 0.341 e. The third kappa shape index (κ3) is 4.59. The molecule has 5 heteroatoms. The average molecular weight is 339 g/mol. The zero-order valence-corrected chi connectivity index (χ0v) is 14.0. The van der Waals surface area contributed by atoms with Crippen molar-refractivity contribution < 1.29 is 19.4 Å². The van der Waals surface area contributed by atoms with Gasteiger partial charge < -0.3 is 15.2 Å². The lowest BCUT2D eigenvalue weighted by Crippen LogP contribution is -2.23. The number of aryl methyl sites for hydroxylation is 2. The van der Waals surface area contributed by atoms with E-state index in [1.807, 2.05) is 18.2 Å². The Bertz CT molecular complexity index is 785. The maximum absolute atomic E-state index is 12.4. The number of rotatable bonds is 6. The number of amides is 1. The van der Waals surface area contributed by atoms with Gasteiger partial charge in [0, 0.05) is 12.1 Å². The highest BCUT2D eigenvalue weighted by Crippen LogP contribution is 2.22. The third-order valence-corrected chi connectivity index (χ3v) is 4.32. The van der Waals surface area contributed by atoms with Gasteiger partial charge in [-0.15, -0.1) is 0 Å². The molecule has 0 aliphatic heterocycles. The Balaban J connectivity index is 1.60. The average Bonchev–Trinajstić information content (AvgIpc) is 2.64. The maximum atomic E-state index is 12.4. The SMILES string of the molecule is O=C(O)COc1cccc(CNC(=O)c2ccc3c(c2)CCCC3)c1. The number of nitrogens with one attached hydrogen (secondary N) is 1. The molecule has 1 aliphatic rings. The zero-order chi connectivity index (χ0) is 17.6. The van der Waals surface area contributed by atoms with Crippen LogP contribution in [0.4, 0.5) is 0 Å². The van der Waals surface area contributed by atoms with Crippen molar-refractivity contribution in [3.8, 4) is 5.75 Å². The molecule has 130 valence electrons. The van der Waals surface area contributed by atoms with E-state index >= 15 is 0 Å². The van der Waals surface area contributed by atoms with Crippen LogP contribution in [0.15, 0.2) is 42.5 Å². The summed E-state index contributed by atoms with van der Waals surface area (Å²) in [7, 11) is 0. The summed E-state index contributed by atoms with van der Waals surface area (Å²) >= 11 is 0. The summed E-state index contributed by atoms with van der Waals surface area (Å²) in [5.74, 6) is -0.653. The molecule has 1 amide bonds. The highest BCUT2D eigenvalue weighted by Gasteiger charge is 2.12. The van der Waals surface area contributed by atoms with Crippen LogP contribution < -0.4 is 10.1 Å². The number of carboxylic acids is 1. The van der Waals surface area contributed by atoms with Crippen molar-refractivity contribution >= 4 is 11.9 Å². The van der Waals surface area contributed by atoms with Crippen LogP contribution in [0, 0.1) is 0 Å². The van der Waals surface area contributed by atoms with Crippen LogP contribution in [-0.2, 0) is 24.2 Å². The molecule has 0 saturated carbocycles. The molecule has 0 spiro atoms. The van der Waals surface area contributed by atoms with Crippen molar-refractivity contribution in [2.45, 2.75) is 32.2 Å². The first-order valence-corrected chi connectivity index (χ1v) is 8.45. The number of ether oxygens (including phenoxy) is 1. The topological polar surface area (TPSA) is 75.6 Å². The Morgan fingerprint density at radius 1 is 1.04 bits per heavy atom. The Morgan fingerprint density at radius 2 is 1.84 bits per heavy atom. The lowest BCUT2D eigenvalue weighted by atomic mass is 9.90. The second kappa shape index (κ2) is 7.83. The molecule has 2 aromatic rings. The number of carbonyl (C=O) groups is 2. The lowest BCUT2D eigenvalue weighted by Gasteiger charge is -2.16. The van der Waals surface area contributed by atoms with Crippen LogP contribution in [0.25, 0.3) is 0 Å². The smallest absolute Gasteiger partial charge is 0.341 e. The quantitative estimate of drug-likeness (QED) is 0.848. The van der Waals surface area contributed by atoms with Crippen LogP contribution in [-0.4, -0.2) is 23.6 Å². The van der Waals surface area contributed by atoms with Gasteiger partial charge in [-0.25, -0.2) is 4.79 Å². The molecule has 25 heavy (non-hydrogen) atoms. The molecule has 0 unspecified atom stereocenters. The van der Waals surface area contributed by atoms with Gasteiger partial charge in [0.1, 0.15) is 5.75 Å². The molecule has 5 nitrogen and oxygen atoms in total. The molecular formula is C20H21NO4. The molecule has 0 saturated heterocycles. The predicted molar refractivity (Wildman–Crippen MR) is 93.8 cm³/mol. The van der Waals surface area contributed by atoms with Gasteiger partial charge in [0.15, 0.2) is 6.61 Å². The summed E-state index contributed by atoms with van der Waals surface area (Å²) in [6.07, 6.45) is 4.54. The number of carboxylic acid groups (broad SMARTS) is 1. The molecule has 3 rings (SSSR count). The van der Waals surface area contributed by atoms with E-state index in [0.717, 1.165) is 18.4 Å². The lowest BCUT2D eigenvalue weighted by molar-refractivity contribution is -0.139. The van der Waals surface area contributed by atoms with Gasteiger partial charge in [-0.1, -0.05) is 18.2 Å². The number of hydrogen-bond donors (Lipinski definition) is 2.